The van der Waals surface area contributed by atoms with Gasteiger partial charge in [-0.25, -0.2) is 4.79 Å². The maximum absolute atomic E-state index is 12.5. The highest BCUT2D eigenvalue weighted by atomic mass is 32.2. The number of carboxylic acid groups (broad SMARTS) is 1. The SMILES string of the molecule is NC(=O)CC(NC(=O)CCN1C(=O)/C(=C\C=C\c2ccccc2)SC1=S)C(=O)O. The summed E-state index contributed by atoms with van der Waals surface area (Å²) >= 11 is 6.32. The van der Waals surface area contributed by atoms with Gasteiger partial charge in [0.05, 0.1) is 11.3 Å². The van der Waals surface area contributed by atoms with Crippen molar-refractivity contribution in [3.8, 4) is 0 Å². The normalized spacial score (nSPS) is 16.4. The molecule has 1 unspecified atom stereocenters. The van der Waals surface area contributed by atoms with E-state index in [1.54, 1.807) is 12.2 Å². The van der Waals surface area contributed by atoms with Crippen molar-refractivity contribution in [1.82, 2.24) is 10.2 Å². The van der Waals surface area contributed by atoms with Crippen molar-refractivity contribution in [2.24, 2.45) is 5.73 Å². The number of thiocarbonyl (C=S) groups is 1. The highest BCUT2D eigenvalue weighted by Gasteiger charge is 2.32. The molecule has 0 bridgehead atoms. The Hall–Kier alpha value is -2.98. The number of allylic oxidation sites excluding steroid dienone is 2. The van der Waals surface area contributed by atoms with Crippen LogP contribution >= 0.6 is 24.0 Å². The van der Waals surface area contributed by atoms with Crippen LogP contribution in [0.4, 0.5) is 0 Å². The smallest absolute Gasteiger partial charge is 0.326 e. The van der Waals surface area contributed by atoms with Gasteiger partial charge in [-0.05, 0) is 11.6 Å². The van der Waals surface area contributed by atoms with Gasteiger partial charge in [-0.2, -0.15) is 0 Å². The van der Waals surface area contributed by atoms with Gasteiger partial charge < -0.3 is 16.2 Å². The molecule has 4 N–H and O–H groups in total. The van der Waals surface area contributed by atoms with Gasteiger partial charge in [-0.1, -0.05) is 66.5 Å². The number of thioether (sulfide) groups is 1. The Balaban J connectivity index is 1.92. The zero-order valence-corrected chi connectivity index (χ0v) is 16.9. The summed E-state index contributed by atoms with van der Waals surface area (Å²) in [6.45, 7) is -0.000843. The number of rotatable bonds is 9. The van der Waals surface area contributed by atoms with Gasteiger partial charge in [-0.15, -0.1) is 0 Å². The highest BCUT2D eigenvalue weighted by molar-refractivity contribution is 8.26. The Morgan fingerprint density at radius 1 is 1.28 bits per heavy atom. The van der Waals surface area contributed by atoms with E-state index >= 15 is 0 Å². The number of amides is 3. The zero-order valence-electron chi connectivity index (χ0n) is 15.2. The standard InChI is InChI=1S/C19H19N3O5S2/c20-15(23)11-13(18(26)27)21-16(24)9-10-22-17(25)14(29-19(22)28)8-4-7-12-5-2-1-3-6-12/h1-8,13H,9-11H2,(H2,20,23)(H,21,24)(H,26,27)/b7-4+,14-8+. The molecule has 1 heterocycles. The van der Waals surface area contributed by atoms with Crippen LogP contribution in [0.1, 0.15) is 18.4 Å². The molecule has 1 atom stereocenters. The molecule has 0 aromatic heterocycles. The quantitative estimate of drug-likeness (QED) is 0.395. The third-order valence-electron chi connectivity index (χ3n) is 3.81. The third-order valence-corrected chi connectivity index (χ3v) is 5.21. The van der Waals surface area contributed by atoms with Gasteiger partial charge in [0.2, 0.25) is 11.8 Å². The minimum atomic E-state index is -1.41. The van der Waals surface area contributed by atoms with Gasteiger partial charge in [0.1, 0.15) is 10.4 Å². The van der Waals surface area contributed by atoms with Crippen LogP contribution in [-0.2, 0) is 19.2 Å². The molecule has 1 fully saturated rings. The van der Waals surface area contributed by atoms with E-state index in [1.165, 1.54) is 4.90 Å². The third kappa shape index (κ3) is 6.84. The van der Waals surface area contributed by atoms with Crippen LogP contribution in [0.5, 0.6) is 0 Å². The molecule has 0 spiro atoms. The van der Waals surface area contributed by atoms with E-state index < -0.39 is 30.2 Å². The number of carbonyl (C=O) groups is 4. The van der Waals surface area contributed by atoms with Crippen molar-refractivity contribution < 1.29 is 24.3 Å². The summed E-state index contributed by atoms with van der Waals surface area (Å²) in [7, 11) is 0. The van der Waals surface area contributed by atoms with Crippen molar-refractivity contribution >= 4 is 58.1 Å². The molecule has 1 aliphatic rings. The monoisotopic (exact) mass is 433 g/mol. The van der Waals surface area contributed by atoms with Crippen LogP contribution in [0.25, 0.3) is 6.08 Å². The Kier molecular flexibility index (Phi) is 8.10. The number of carboxylic acids is 1. The molecular weight excluding hydrogens is 414 g/mol. The lowest BCUT2D eigenvalue weighted by Gasteiger charge is -2.16. The van der Waals surface area contributed by atoms with Gasteiger partial charge in [-0.3, -0.25) is 19.3 Å². The minimum absolute atomic E-state index is 0.000843. The van der Waals surface area contributed by atoms with E-state index in [1.807, 2.05) is 36.4 Å². The topological polar surface area (TPSA) is 130 Å². The molecule has 0 radical (unpaired) electrons. The van der Waals surface area contributed by atoms with Crippen molar-refractivity contribution in [1.29, 1.82) is 0 Å². The van der Waals surface area contributed by atoms with Crippen molar-refractivity contribution in [2.75, 3.05) is 6.54 Å². The fraction of sp³-hybridized carbons (Fsp3) is 0.211. The second kappa shape index (κ2) is 10.5. The van der Waals surface area contributed by atoms with Crippen LogP contribution in [0, 0.1) is 0 Å². The molecule has 0 saturated carbocycles. The Morgan fingerprint density at radius 2 is 1.97 bits per heavy atom. The highest BCUT2D eigenvalue weighted by Crippen LogP contribution is 2.31. The Bertz CT molecular complexity index is 883. The van der Waals surface area contributed by atoms with Crippen LogP contribution in [-0.4, -0.2) is 50.6 Å². The average Bonchev–Trinajstić information content (AvgIpc) is 2.93. The number of hydrogen-bond acceptors (Lipinski definition) is 6. The number of nitrogens with zero attached hydrogens (tertiary/aromatic N) is 1. The van der Waals surface area contributed by atoms with E-state index in [0.29, 0.717) is 9.23 Å². The molecule has 0 aliphatic carbocycles. The maximum atomic E-state index is 12.5. The molecule has 2 rings (SSSR count). The molecular formula is C19H19N3O5S2. The number of hydrogen-bond donors (Lipinski definition) is 3. The van der Waals surface area contributed by atoms with E-state index in [4.69, 9.17) is 23.1 Å². The minimum Gasteiger partial charge on any atom is -0.480 e. The number of nitrogens with one attached hydrogen (secondary N) is 1. The number of aliphatic carboxylic acids is 1. The second-order valence-corrected chi connectivity index (χ2v) is 7.68. The molecule has 10 heteroatoms. The lowest BCUT2D eigenvalue weighted by Crippen LogP contribution is -2.44. The summed E-state index contributed by atoms with van der Waals surface area (Å²) in [6.07, 6.45) is 4.57. The van der Waals surface area contributed by atoms with Crippen molar-refractivity contribution in [2.45, 2.75) is 18.9 Å². The number of benzene rings is 1. The first-order valence-electron chi connectivity index (χ1n) is 8.55. The summed E-state index contributed by atoms with van der Waals surface area (Å²) in [6, 6.07) is 8.17. The zero-order chi connectivity index (χ0) is 21.4. The lowest BCUT2D eigenvalue weighted by atomic mass is 10.2. The van der Waals surface area contributed by atoms with Crippen molar-refractivity contribution in [3.63, 3.8) is 0 Å². The second-order valence-electron chi connectivity index (χ2n) is 6.00. The first-order chi connectivity index (χ1) is 13.8. The lowest BCUT2D eigenvalue weighted by molar-refractivity contribution is -0.143. The maximum Gasteiger partial charge on any atom is 0.326 e. The molecule has 1 aromatic rings. The van der Waals surface area contributed by atoms with Crippen LogP contribution in [0.3, 0.4) is 0 Å². The van der Waals surface area contributed by atoms with Gasteiger partial charge in [0.25, 0.3) is 5.91 Å². The van der Waals surface area contributed by atoms with Gasteiger partial charge >= 0.3 is 5.97 Å². The largest absolute Gasteiger partial charge is 0.480 e. The first kappa shape index (κ1) is 22.3. The van der Waals surface area contributed by atoms with Gasteiger partial charge in [0.15, 0.2) is 0 Å². The van der Waals surface area contributed by atoms with E-state index in [9.17, 15) is 19.2 Å². The molecule has 1 aliphatic heterocycles. The molecule has 3 amide bonds. The van der Waals surface area contributed by atoms with Crippen molar-refractivity contribution in [3.05, 3.63) is 53.0 Å². The number of carbonyl (C=O) groups excluding carboxylic acids is 3. The van der Waals surface area contributed by atoms with Gasteiger partial charge in [0, 0.05) is 13.0 Å². The fourth-order valence-corrected chi connectivity index (χ4v) is 3.66. The number of nitrogens with two attached hydrogens (primary N) is 1. The Morgan fingerprint density at radius 3 is 2.59 bits per heavy atom. The molecule has 1 aromatic carbocycles. The fourth-order valence-electron chi connectivity index (χ4n) is 2.40. The molecule has 8 nitrogen and oxygen atoms in total. The van der Waals surface area contributed by atoms with Crippen LogP contribution < -0.4 is 11.1 Å². The predicted molar refractivity (Wildman–Crippen MR) is 113 cm³/mol. The van der Waals surface area contributed by atoms with Crippen LogP contribution in [0.2, 0.25) is 0 Å². The summed E-state index contributed by atoms with van der Waals surface area (Å²) in [5.41, 5.74) is 5.96. The van der Waals surface area contributed by atoms with Crippen LogP contribution in [0.15, 0.2) is 47.4 Å². The van der Waals surface area contributed by atoms with E-state index in [0.717, 1.165) is 17.3 Å². The summed E-state index contributed by atoms with van der Waals surface area (Å²) in [5.74, 6) is -3.16. The number of primary amides is 1. The predicted octanol–water partition coefficient (Wildman–Crippen LogP) is 1.28. The Labute approximate surface area is 176 Å². The van der Waals surface area contributed by atoms with E-state index in [2.05, 4.69) is 5.32 Å². The summed E-state index contributed by atoms with van der Waals surface area (Å²) < 4.78 is 0.314. The molecule has 29 heavy (non-hydrogen) atoms. The first-order valence-corrected chi connectivity index (χ1v) is 9.78. The average molecular weight is 434 g/mol. The molecule has 1 saturated heterocycles. The summed E-state index contributed by atoms with van der Waals surface area (Å²) in [4.78, 5) is 48.1. The van der Waals surface area contributed by atoms with E-state index in [-0.39, 0.29) is 18.9 Å². The molecule has 152 valence electrons. The summed E-state index contributed by atoms with van der Waals surface area (Å²) in [5, 5.41) is 11.2.